The molecule has 1 aliphatic carbocycles. The van der Waals surface area contributed by atoms with Crippen LogP contribution in [-0.4, -0.2) is 36.1 Å². The molecule has 2 aliphatic rings. The van der Waals surface area contributed by atoms with E-state index in [1.807, 2.05) is 18.2 Å². The van der Waals surface area contributed by atoms with Crippen LogP contribution in [-0.2, 0) is 6.54 Å². The monoisotopic (exact) mass is 342 g/mol. The molecular formula is C18H19ClN4O. The van der Waals surface area contributed by atoms with Gasteiger partial charge in [-0.1, -0.05) is 23.7 Å². The van der Waals surface area contributed by atoms with E-state index in [4.69, 9.17) is 16.0 Å². The highest BCUT2D eigenvalue weighted by Crippen LogP contribution is 2.41. The van der Waals surface area contributed by atoms with Crippen LogP contribution in [0.5, 0.6) is 0 Å². The molecule has 0 unspecified atom stereocenters. The van der Waals surface area contributed by atoms with E-state index in [0.717, 1.165) is 56.5 Å². The predicted octanol–water partition coefficient (Wildman–Crippen LogP) is 3.40. The molecule has 2 heterocycles. The lowest BCUT2D eigenvalue weighted by atomic mass is 10.2. The first-order valence-corrected chi connectivity index (χ1v) is 8.73. The van der Waals surface area contributed by atoms with Crippen molar-refractivity contribution in [2.24, 2.45) is 0 Å². The molecule has 0 spiro atoms. The summed E-state index contributed by atoms with van der Waals surface area (Å²) in [6.07, 6.45) is 2.25. The summed E-state index contributed by atoms with van der Waals surface area (Å²) in [5.41, 5.74) is 1.66. The lowest BCUT2D eigenvalue weighted by Gasteiger charge is -2.34. The summed E-state index contributed by atoms with van der Waals surface area (Å²) < 4.78 is 5.89. The Morgan fingerprint density at radius 3 is 2.71 bits per heavy atom. The summed E-state index contributed by atoms with van der Waals surface area (Å²) in [6.45, 7) is 4.43. The molecule has 0 amide bonds. The highest BCUT2D eigenvalue weighted by Gasteiger charge is 2.32. The van der Waals surface area contributed by atoms with Crippen LogP contribution in [0.25, 0.3) is 0 Å². The average molecular weight is 343 g/mol. The highest BCUT2D eigenvalue weighted by molar-refractivity contribution is 6.30. The molecule has 0 radical (unpaired) electrons. The fourth-order valence-electron chi connectivity index (χ4n) is 3.12. The van der Waals surface area contributed by atoms with Gasteiger partial charge >= 0.3 is 0 Å². The summed E-state index contributed by atoms with van der Waals surface area (Å²) in [6, 6.07) is 10.2. The Labute approximate surface area is 146 Å². The highest BCUT2D eigenvalue weighted by atomic mass is 35.5. The quantitative estimate of drug-likeness (QED) is 0.852. The van der Waals surface area contributed by atoms with Crippen molar-refractivity contribution in [1.82, 2.24) is 9.88 Å². The van der Waals surface area contributed by atoms with Crippen LogP contribution in [0.15, 0.2) is 28.7 Å². The zero-order chi connectivity index (χ0) is 16.5. The van der Waals surface area contributed by atoms with Crippen LogP contribution < -0.4 is 4.90 Å². The van der Waals surface area contributed by atoms with Crippen LogP contribution in [0.3, 0.4) is 0 Å². The maximum absolute atomic E-state index is 9.32. The van der Waals surface area contributed by atoms with Gasteiger partial charge in [0, 0.05) is 43.7 Å². The van der Waals surface area contributed by atoms with Crippen molar-refractivity contribution in [2.75, 3.05) is 31.1 Å². The maximum Gasteiger partial charge on any atom is 0.234 e. The number of hydrogen-bond donors (Lipinski definition) is 0. The van der Waals surface area contributed by atoms with Crippen molar-refractivity contribution in [1.29, 1.82) is 5.26 Å². The molecule has 4 rings (SSSR count). The summed E-state index contributed by atoms with van der Waals surface area (Å²) in [5, 5.41) is 10.1. The van der Waals surface area contributed by atoms with Gasteiger partial charge in [-0.3, -0.25) is 4.90 Å². The molecule has 1 aromatic heterocycles. The second-order valence-corrected chi connectivity index (χ2v) is 6.92. The first kappa shape index (κ1) is 15.5. The van der Waals surface area contributed by atoms with Crippen molar-refractivity contribution in [3.8, 4) is 6.07 Å². The zero-order valence-corrected chi connectivity index (χ0v) is 14.2. The van der Waals surface area contributed by atoms with E-state index < -0.39 is 0 Å². The molecule has 0 N–H and O–H groups in total. The van der Waals surface area contributed by atoms with E-state index in [0.29, 0.717) is 17.5 Å². The van der Waals surface area contributed by atoms with Crippen LogP contribution in [0.1, 0.15) is 35.9 Å². The minimum atomic E-state index is 0.426. The summed E-state index contributed by atoms with van der Waals surface area (Å²) in [7, 11) is 0. The number of hydrogen-bond acceptors (Lipinski definition) is 5. The standard InChI is InChI=1S/C18H19ClN4O/c19-15-3-1-2-13(10-15)12-22-6-8-23(9-7-22)18-16(11-20)21-17(24-18)14-4-5-14/h1-3,10,14H,4-9,12H2. The number of halogens is 1. The third-order valence-electron chi connectivity index (χ3n) is 4.61. The zero-order valence-electron chi connectivity index (χ0n) is 13.4. The van der Waals surface area contributed by atoms with Gasteiger partial charge in [0.15, 0.2) is 0 Å². The van der Waals surface area contributed by atoms with Gasteiger partial charge in [0.2, 0.25) is 17.5 Å². The lowest BCUT2D eigenvalue weighted by molar-refractivity contribution is 0.245. The molecule has 0 atom stereocenters. The lowest BCUT2D eigenvalue weighted by Crippen LogP contribution is -2.46. The summed E-state index contributed by atoms with van der Waals surface area (Å²) in [4.78, 5) is 8.90. The third-order valence-corrected chi connectivity index (χ3v) is 4.85. The first-order valence-electron chi connectivity index (χ1n) is 8.35. The molecule has 5 nitrogen and oxygen atoms in total. The SMILES string of the molecule is N#Cc1nc(C2CC2)oc1N1CCN(Cc2cccc(Cl)c2)CC1. The van der Waals surface area contributed by atoms with Crippen LogP contribution in [0.2, 0.25) is 5.02 Å². The van der Waals surface area contributed by atoms with Crippen molar-refractivity contribution in [3.63, 3.8) is 0 Å². The predicted molar refractivity (Wildman–Crippen MR) is 92.1 cm³/mol. The number of rotatable bonds is 4. The van der Waals surface area contributed by atoms with E-state index in [2.05, 4.69) is 26.9 Å². The normalized spacial score (nSPS) is 18.6. The Kier molecular flexibility index (Phi) is 4.17. The number of aromatic nitrogens is 1. The van der Waals surface area contributed by atoms with E-state index in [1.54, 1.807) is 0 Å². The second-order valence-electron chi connectivity index (χ2n) is 6.49. The Morgan fingerprint density at radius 1 is 1.25 bits per heavy atom. The largest absolute Gasteiger partial charge is 0.423 e. The van der Waals surface area contributed by atoms with Crippen LogP contribution in [0.4, 0.5) is 5.88 Å². The molecule has 0 bridgehead atoms. The fourth-order valence-corrected chi connectivity index (χ4v) is 3.34. The van der Waals surface area contributed by atoms with Gasteiger partial charge in [0.05, 0.1) is 0 Å². The minimum absolute atomic E-state index is 0.426. The Morgan fingerprint density at radius 2 is 2.04 bits per heavy atom. The Balaban J connectivity index is 1.40. The number of nitriles is 1. The number of benzene rings is 1. The van der Waals surface area contributed by atoms with Crippen molar-refractivity contribution in [3.05, 3.63) is 46.4 Å². The first-order chi connectivity index (χ1) is 11.7. The van der Waals surface area contributed by atoms with Gasteiger partial charge in [0.1, 0.15) is 6.07 Å². The molecular weight excluding hydrogens is 324 g/mol. The molecule has 2 fully saturated rings. The Bertz CT molecular complexity index is 770. The van der Waals surface area contributed by atoms with Gasteiger partial charge in [-0.15, -0.1) is 0 Å². The maximum atomic E-state index is 9.32. The van der Waals surface area contributed by atoms with E-state index >= 15 is 0 Å². The molecule has 124 valence electrons. The van der Waals surface area contributed by atoms with E-state index in [1.165, 1.54) is 5.56 Å². The van der Waals surface area contributed by atoms with Crippen LogP contribution in [0, 0.1) is 11.3 Å². The number of oxazole rings is 1. The minimum Gasteiger partial charge on any atom is -0.423 e. The number of piperazine rings is 1. The topological polar surface area (TPSA) is 56.3 Å². The smallest absolute Gasteiger partial charge is 0.234 e. The third kappa shape index (κ3) is 3.26. The van der Waals surface area contributed by atoms with Crippen molar-refractivity contribution >= 4 is 17.5 Å². The van der Waals surface area contributed by atoms with Crippen LogP contribution >= 0.6 is 11.6 Å². The molecule has 1 saturated carbocycles. The average Bonchev–Trinajstić information content (AvgIpc) is 3.35. The van der Waals surface area contributed by atoms with Gasteiger partial charge in [-0.05, 0) is 30.5 Å². The van der Waals surface area contributed by atoms with Gasteiger partial charge in [0.25, 0.3) is 0 Å². The van der Waals surface area contributed by atoms with Crippen molar-refractivity contribution in [2.45, 2.75) is 25.3 Å². The fraction of sp³-hybridized carbons (Fsp3) is 0.444. The number of nitrogens with zero attached hydrogens (tertiary/aromatic N) is 4. The molecule has 1 aliphatic heterocycles. The van der Waals surface area contributed by atoms with Gasteiger partial charge in [-0.2, -0.15) is 5.26 Å². The second kappa shape index (κ2) is 6.46. The van der Waals surface area contributed by atoms with Gasteiger partial charge in [-0.25, -0.2) is 4.98 Å². The summed E-state index contributed by atoms with van der Waals surface area (Å²) >= 11 is 6.06. The Hall–Kier alpha value is -2.03. The van der Waals surface area contributed by atoms with Gasteiger partial charge < -0.3 is 9.32 Å². The molecule has 1 aromatic carbocycles. The molecule has 1 saturated heterocycles. The summed E-state index contributed by atoms with van der Waals surface area (Å²) in [5.74, 6) is 1.82. The molecule has 6 heteroatoms. The molecule has 24 heavy (non-hydrogen) atoms. The molecule has 2 aromatic rings. The van der Waals surface area contributed by atoms with Crippen molar-refractivity contribution < 1.29 is 4.42 Å². The van der Waals surface area contributed by atoms with E-state index in [9.17, 15) is 5.26 Å². The van der Waals surface area contributed by atoms with E-state index in [-0.39, 0.29) is 0 Å². The number of anilines is 1.